The van der Waals surface area contributed by atoms with Crippen LogP contribution < -0.4 is 9.47 Å². The van der Waals surface area contributed by atoms with E-state index in [9.17, 15) is 30.0 Å². The summed E-state index contributed by atoms with van der Waals surface area (Å²) in [5.41, 5.74) is 1.02. The summed E-state index contributed by atoms with van der Waals surface area (Å²) in [5.74, 6) is -2.24. The first kappa shape index (κ1) is 22.4. The molecule has 5 atom stereocenters. The minimum atomic E-state index is -1.85. The Bertz CT molecular complexity index is 943. The quantitative estimate of drug-likeness (QED) is 0.286. The molecule has 9 heteroatoms. The summed E-state index contributed by atoms with van der Waals surface area (Å²) in [7, 11) is 0. The molecule has 0 spiro atoms. The van der Waals surface area contributed by atoms with Crippen molar-refractivity contribution in [2.45, 2.75) is 37.1 Å². The second-order valence-electron chi connectivity index (χ2n) is 6.88. The lowest BCUT2D eigenvalue weighted by molar-refractivity contribution is -0.271. The molecule has 4 N–H and O–H groups in total. The molecule has 2 aromatic rings. The molecule has 0 aromatic heterocycles. The van der Waals surface area contributed by atoms with Crippen molar-refractivity contribution in [3.8, 4) is 11.5 Å². The van der Waals surface area contributed by atoms with Crippen LogP contribution in [0, 0.1) is 0 Å². The lowest BCUT2D eigenvalue weighted by atomic mass is 9.99. The first-order valence-electron chi connectivity index (χ1n) is 9.42. The average Bonchev–Trinajstić information content (AvgIpc) is 2.76. The van der Waals surface area contributed by atoms with E-state index in [2.05, 4.69) is 6.58 Å². The number of hydrogen-bond donors (Lipinski definition) is 4. The van der Waals surface area contributed by atoms with Crippen LogP contribution in [0.2, 0.25) is 0 Å². The number of benzene rings is 2. The highest BCUT2D eigenvalue weighted by Crippen LogP contribution is 2.33. The van der Waals surface area contributed by atoms with E-state index in [4.69, 9.17) is 14.2 Å². The lowest BCUT2D eigenvalue weighted by Gasteiger charge is -2.38. The second-order valence-corrected chi connectivity index (χ2v) is 6.88. The third-order valence-electron chi connectivity index (χ3n) is 4.66. The van der Waals surface area contributed by atoms with Crippen LogP contribution in [0.5, 0.6) is 11.5 Å². The van der Waals surface area contributed by atoms with Crippen molar-refractivity contribution in [3.05, 3.63) is 72.3 Å². The van der Waals surface area contributed by atoms with Crippen LogP contribution in [0.15, 0.2) is 61.2 Å². The maximum Gasteiger partial charge on any atom is 0.343 e. The Kier molecular flexibility index (Phi) is 7.03. The number of rotatable bonds is 7. The fourth-order valence-electron chi connectivity index (χ4n) is 3.03. The fourth-order valence-corrected chi connectivity index (χ4v) is 3.03. The smallest absolute Gasteiger partial charge is 0.343 e. The van der Waals surface area contributed by atoms with Gasteiger partial charge < -0.3 is 34.6 Å². The minimum absolute atomic E-state index is 0.00930. The highest BCUT2D eigenvalue weighted by Gasteiger charge is 2.48. The molecule has 0 bridgehead atoms. The third kappa shape index (κ3) is 5.09. The van der Waals surface area contributed by atoms with Gasteiger partial charge in [-0.25, -0.2) is 9.59 Å². The number of esters is 1. The number of hydrogen-bond acceptors (Lipinski definition) is 8. The number of carbonyl (C=O) groups excluding carboxylic acids is 1. The summed E-state index contributed by atoms with van der Waals surface area (Å²) in [6.07, 6.45) is -6.81. The van der Waals surface area contributed by atoms with Crippen LogP contribution in [-0.4, -0.2) is 63.1 Å². The van der Waals surface area contributed by atoms with Crippen molar-refractivity contribution >= 4 is 11.9 Å². The zero-order valence-corrected chi connectivity index (χ0v) is 16.3. The Balaban J connectivity index is 1.89. The Labute approximate surface area is 177 Å². The molecule has 1 fully saturated rings. The second kappa shape index (κ2) is 9.71. The van der Waals surface area contributed by atoms with Crippen LogP contribution in [0.25, 0.3) is 0 Å². The Morgan fingerprint density at radius 1 is 1.00 bits per heavy atom. The Morgan fingerprint density at radius 3 is 2.35 bits per heavy atom. The molecule has 0 aliphatic carbocycles. The number of carboxylic acid groups (broad SMARTS) is 1. The summed E-state index contributed by atoms with van der Waals surface area (Å²) >= 11 is 0. The van der Waals surface area contributed by atoms with Gasteiger partial charge in [-0.2, -0.15) is 0 Å². The molecule has 1 aliphatic rings. The van der Waals surface area contributed by atoms with Gasteiger partial charge in [-0.05, 0) is 36.2 Å². The number of aliphatic hydroxyl groups excluding tert-OH is 3. The molecule has 9 nitrogen and oxygen atoms in total. The van der Waals surface area contributed by atoms with E-state index < -0.39 is 42.6 Å². The first-order valence-corrected chi connectivity index (χ1v) is 9.42. The molecule has 1 aliphatic heterocycles. The van der Waals surface area contributed by atoms with Gasteiger partial charge in [0, 0.05) is 0 Å². The maximum absolute atomic E-state index is 12.4. The van der Waals surface area contributed by atoms with Crippen LogP contribution in [-0.2, 0) is 16.0 Å². The number of allylic oxidation sites excluding steroid dienone is 1. The highest BCUT2D eigenvalue weighted by atomic mass is 16.7. The van der Waals surface area contributed by atoms with Crippen LogP contribution >= 0.6 is 0 Å². The van der Waals surface area contributed by atoms with Crippen molar-refractivity contribution in [1.82, 2.24) is 0 Å². The van der Waals surface area contributed by atoms with Gasteiger partial charge in [0.05, 0.1) is 5.56 Å². The standard InChI is InChI=1S/C22H22O9/c1-2-6-12-9-10-14(29-21(28)13-7-4-3-5-8-13)15(11-12)30-22-18(25)16(23)17(24)19(31-22)20(26)27/h2-5,7-11,16-19,22-25H,1,6H2,(H,26,27). The van der Waals surface area contributed by atoms with E-state index in [1.54, 1.807) is 42.5 Å². The first-order chi connectivity index (χ1) is 14.8. The van der Waals surface area contributed by atoms with Gasteiger partial charge in [0.1, 0.15) is 18.3 Å². The summed E-state index contributed by atoms with van der Waals surface area (Å²) in [5, 5.41) is 39.2. The van der Waals surface area contributed by atoms with E-state index in [0.717, 1.165) is 5.56 Å². The van der Waals surface area contributed by atoms with Crippen molar-refractivity contribution in [3.63, 3.8) is 0 Å². The van der Waals surface area contributed by atoms with E-state index in [-0.39, 0.29) is 11.5 Å². The molecule has 1 heterocycles. The highest BCUT2D eigenvalue weighted by molar-refractivity contribution is 5.91. The minimum Gasteiger partial charge on any atom is -0.479 e. The zero-order chi connectivity index (χ0) is 22.5. The van der Waals surface area contributed by atoms with Crippen LogP contribution in [0.3, 0.4) is 0 Å². The number of carboxylic acids is 1. The van der Waals surface area contributed by atoms with E-state index in [1.165, 1.54) is 12.1 Å². The molecule has 31 heavy (non-hydrogen) atoms. The Morgan fingerprint density at radius 2 is 1.71 bits per heavy atom. The number of aliphatic carboxylic acids is 1. The van der Waals surface area contributed by atoms with Crippen molar-refractivity contribution in [2.75, 3.05) is 0 Å². The predicted molar refractivity (Wildman–Crippen MR) is 107 cm³/mol. The largest absolute Gasteiger partial charge is 0.479 e. The molecule has 3 rings (SSSR count). The molecular weight excluding hydrogens is 408 g/mol. The molecule has 5 unspecified atom stereocenters. The molecule has 0 amide bonds. The van der Waals surface area contributed by atoms with Crippen LogP contribution in [0.4, 0.5) is 0 Å². The van der Waals surface area contributed by atoms with Gasteiger partial charge in [0.2, 0.25) is 6.29 Å². The monoisotopic (exact) mass is 430 g/mol. The molecule has 2 aromatic carbocycles. The molecule has 0 saturated carbocycles. The maximum atomic E-state index is 12.4. The SMILES string of the molecule is C=CCc1ccc(OC(=O)c2ccccc2)c(OC2OC(C(=O)O)C(O)C(O)C2O)c1. The topological polar surface area (TPSA) is 143 Å². The van der Waals surface area contributed by atoms with E-state index in [1.807, 2.05) is 0 Å². The van der Waals surface area contributed by atoms with E-state index in [0.29, 0.717) is 12.0 Å². The molecule has 1 saturated heterocycles. The Hall–Kier alpha value is -3.24. The molecule has 0 radical (unpaired) electrons. The van der Waals surface area contributed by atoms with Gasteiger partial charge in [0.15, 0.2) is 17.6 Å². The zero-order valence-electron chi connectivity index (χ0n) is 16.3. The third-order valence-corrected chi connectivity index (χ3v) is 4.66. The molecular formula is C22H22O9. The van der Waals surface area contributed by atoms with Gasteiger partial charge in [0.25, 0.3) is 0 Å². The summed E-state index contributed by atoms with van der Waals surface area (Å²) < 4.78 is 16.2. The van der Waals surface area contributed by atoms with Crippen LogP contribution in [0.1, 0.15) is 15.9 Å². The van der Waals surface area contributed by atoms with Crippen molar-refractivity contribution in [1.29, 1.82) is 0 Å². The molecule has 164 valence electrons. The van der Waals surface area contributed by atoms with Crippen molar-refractivity contribution in [2.24, 2.45) is 0 Å². The fraction of sp³-hybridized carbons (Fsp3) is 0.273. The van der Waals surface area contributed by atoms with E-state index >= 15 is 0 Å². The number of ether oxygens (including phenoxy) is 3. The van der Waals surface area contributed by atoms with Gasteiger partial charge in [-0.1, -0.05) is 30.3 Å². The summed E-state index contributed by atoms with van der Waals surface area (Å²) in [6, 6.07) is 12.9. The number of aliphatic hydroxyl groups is 3. The van der Waals surface area contributed by atoms with Gasteiger partial charge in [-0.15, -0.1) is 6.58 Å². The normalized spacial score (nSPS) is 25.5. The van der Waals surface area contributed by atoms with Gasteiger partial charge in [-0.3, -0.25) is 0 Å². The summed E-state index contributed by atoms with van der Waals surface area (Å²) in [4.78, 5) is 23.8. The predicted octanol–water partition coefficient (Wildman–Crippen LogP) is 0.905. The summed E-state index contributed by atoms with van der Waals surface area (Å²) in [6.45, 7) is 3.65. The van der Waals surface area contributed by atoms with Crippen molar-refractivity contribution < 1.29 is 44.2 Å². The lowest BCUT2D eigenvalue weighted by Crippen LogP contribution is -2.61. The number of carbonyl (C=O) groups is 2. The van der Waals surface area contributed by atoms with Gasteiger partial charge >= 0.3 is 11.9 Å². The average molecular weight is 430 g/mol.